The van der Waals surface area contributed by atoms with Gasteiger partial charge < -0.3 is 0 Å². The van der Waals surface area contributed by atoms with Crippen molar-refractivity contribution in [3.05, 3.63) is 0 Å². The SMILES string of the molecule is CC1CCC(C2CC[C@]3(CC2)C(=O)[C@@]2(CCC(C4CCC(C)CC4)CC2)[C@H]3F)CC1. The van der Waals surface area contributed by atoms with Crippen molar-refractivity contribution in [1.29, 1.82) is 0 Å². The zero-order valence-corrected chi connectivity index (χ0v) is 19.6. The zero-order valence-electron chi connectivity index (χ0n) is 19.6. The Morgan fingerprint density at radius 1 is 0.567 bits per heavy atom. The number of Topliss-reactive ketones (excluding diaryl/α,β-unsaturated/α-hetero) is 1. The van der Waals surface area contributed by atoms with Crippen molar-refractivity contribution in [1.82, 2.24) is 0 Å². The standard InChI is InChI=1S/C28H45FO/c1-19-3-7-21(8-4-19)23-11-15-27(16-12-23)25(29)28(26(27)30)17-13-24(14-18-28)22-9-5-20(2)6-10-22/h19-25H,3-18H2,1-2H3/t19?,20?,21?,22?,23?,24?,25?,27-,28-. The molecule has 30 heavy (non-hydrogen) atoms. The highest BCUT2D eigenvalue weighted by atomic mass is 19.1. The van der Waals surface area contributed by atoms with Crippen LogP contribution < -0.4 is 0 Å². The Kier molecular flexibility index (Phi) is 5.85. The first-order chi connectivity index (χ1) is 14.4. The molecule has 5 aliphatic rings. The highest BCUT2D eigenvalue weighted by Crippen LogP contribution is 2.66. The van der Waals surface area contributed by atoms with Crippen LogP contribution in [0.1, 0.15) is 117 Å². The van der Waals surface area contributed by atoms with Gasteiger partial charge in [-0.05, 0) is 113 Å². The lowest BCUT2D eigenvalue weighted by Crippen LogP contribution is -2.69. The second-order valence-corrected chi connectivity index (χ2v) is 12.7. The van der Waals surface area contributed by atoms with Crippen molar-refractivity contribution in [2.45, 2.75) is 123 Å². The molecule has 0 aromatic rings. The number of carbonyl (C=O) groups is 1. The number of ketones is 1. The predicted molar refractivity (Wildman–Crippen MR) is 121 cm³/mol. The van der Waals surface area contributed by atoms with Crippen LogP contribution in [0.15, 0.2) is 0 Å². The van der Waals surface area contributed by atoms with Crippen LogP contribution in [0, 0.1) is 46.3 Å². The van der Waals surface area contributed by atoms with Crippen LogP contribution >= 0.6 is 0 Å². The van der Waals surface area contributed by atoms with E-state index in [0.29, 0.717) is 5.78 Å². The van der Waals surface area contributed by atoms with Crippen molar-refractivity contribution < 1.29 is 9.18 Å². The fraction of sp³-hybridized carbons (Fsp3) is 0.964. The van der Waals surface area contributed by atoms with Gasteiger partial charge in [0.25, 0.3) is 0 Å². The molecule has 0 unspecified atom stereocenters. The van der Waals surface area contributed by atoms with Gasteiger partial charge >= 0.3 is 0 Å². The summed E-state index contributed by atoms with van der Waals surface area (Å²) in [6.07, 6.45) is 18.0. The Morgan fingerprint density at radius 3 is 1.17 bits per heavy atom. The summed E-state index contributed by atoms with van der Waals surface area (Å²) in [5.74, 6) is 5.41. The average molecular weight is 417 g/mol. The van der Waals surface area contributed by atoms with Crippen molar-refractivity contribution >= 4 is 5.78 Å². The second kappa shape index (κ2) is 8.18. The third-order valence-electron chi connectivity index (χ3n) is 11.2. The fourth-order valence-electron chi connectivity index (χ4n) is 8.91. The van der Waals surface area contributed by atoms with Crippen LogP contribution in [0.4, 0.5) is 4.39 Å². The molecule has 5 saturated carbocycles. The number of hydrogen-bond acceptors (Lipinski definition) is 1. The molecule has 0 heterocycles. The first-order valence-corrected chi connectivity index (χ1v) is 13.6. The molecule has 2 heteroatoms. The largest absolute Gasteiger partial charge is 0.298 e. The van der Waals surface area contributed by atoms with E-state index in [-0.39, 0.29) is 0 Å². The minimum absolute atomic E-state index is 0.369. The monoisotopic (exact) mass is 416 g/mol. The van der Waals surface area contributed by atoms with Gasteiger partial charge in [-0.15, -0.1) is 0 Å². The second-order valence-electron chi connectivity index (χ2n) is 12.7. The maximum atomic E-state index is 15.9. The average Bonchev–Trinajstić information content (AvgIpc) is 2.79. The molecular weight excluding hydrogens is 371 g/mol. The molecule has 2 spiro atoms. The molecule has 5 rings (SSSR count). The smallest absolute Gasteiger partial charge is 0.151 e. The highest BCUT2D eigenvalue weighted by Gasteiger charge is 2.71. The van der Waals surface area contributed by atoms with Crippen LogP contribution in [0.25, 0.3) is 0 Å². The topological polar surface area (TPSA) is 17.1 Å². The fourth-order valence-corrected chi connectivity index (χ4v) is 8.91. The van der Waals surface area contributed by atoms with Gasteiger partial charge in [0.15, 0.2) is 5.78 Å². The summed E-state index contributed by atoms with van der Waals surface area (Å²) in [5.41, 5.74) is -1.13. The molecule has 0 aromatic carbocycles. The Hall–Kier alpha value is -0.400. The van der Waals surface area contributed by atoms with E-state index in [4.69, 9.17) is 0 Å². The van der Waals surface area contributed by atoms with Crippen LogP contribution in [-0.4, -0.2) is 12.0 Å². The molecule has 0 bridgehead atoms. The molecule has 5 aliphatic carbocycles. The van der Waals surface area contributed by atoms with Gasteiger partial charge in [-0.3, -0.25) is 4.79 Å². The molecule has 0 N–H and O–H groups in total. The molecule has 0 saturated heterocycles. The molecule has 0 amide bonds. The van der Waals surface area contributed by atoms with Gasteiger partial charge in [0.2, 0.25) is 0 Å². The summed E-state index contributed by atoms with van der Waals surface area (Å²) in [6.45, 7) is 4.77. The van der Waals surface area contributed by atoms with E-state index in [1.165, 1.54) is 51.4 Å². The van der Waals surface area contributed by atoms with Crippen LogP contribution in [0.2, 0.25) is 0 Å². The van der Waals surface area contributed by atoms with Gasteiger partial charge in [0, 0.05) is 0 Å². The highest BCUT2D eigenvalue weighted by molar-refractivity contribution is 5.98. The summed E-state index contributed by atoms with van der Waals surface area (Å²) < 4.78 is 15.9. The molecule has 0 radical (unpaired) electrons. The molecule has 0 aliphatic heterocycles. The molecule has 5 fully saturated rings. The van der Waals surface area contributed by atoms with Crippen LogP contribution in [-0.2, 0) is 4.79 Å². The summed E-state index contributed by atoms with van der Waals surface area (Å²) in [7, 11) is 0. The lowest BCUT2D eigenvalue weighted by atomic mass is 9.41. The summed E-state index contributed by atoms with van der Waals surface area (Å²) in [6, 6.07) is 0. The summed E-state index contributed by atoms with van der Waals surface area (Å²) >= 11 is 0. The minimum atomic E-state index is -0.836. The Balaban J connectivity index is 1.16. The maximum Gasteiger partial charge on any atom is 0.151 e. The number of halogens is 1. The van der Waals surface area contributed by atoms with E-state index in [0.717, 1.165) is 86.9 Å². The maximum absolute atomic E-state index is 15.9. The normalized spacial score (nSPS) is 52.4. The van der Waals surface area contributed by atoms with E-state index in [1.54, 1.807) is 0 Å². The van der Waals surface area contributed by atoms with E-state index in [9.17, 15) is 4.79 Å². The quantitative estimate of drug-likeness (QED) is 0.447. The Labute approximate surface area is 184 Å². The van der Waals surface area contributed by atoms with E-state index in [2.05, 4.69) is 13.8 Å². The number of carbonyl (C=O) groups excluding carboxylic acids is 1. The van der Waals surface area contributed by atoms with E-state index < -0.39 is 17.0 Å². The van der Waals surface area contributed by atoms with Crippen molar-refractivity contribution in [2.75, 3.05) is 0 Å². The molecule has 0 aromatic heterocycles. The predicted octanol–water partition coefficient (Wildman–Crippen LogP) is 7.91. The third kappa shape index (κ3) is 3.42. The molecule has 170 valence electrons. The Morgan fingerprint density at radius 2 is 0.867 bits per heavy atom. The Bertz CT molecular complexity index is 557. The molecule has 1 nitrogen and oxygen atoms in total. The van der Waals surface area contributed by atoms with Crippen LogP contribution in [0.5, 0.6) is 0 Å². The van der Waals surface area contributed by atoms with Crippen molar-refractivity contribution in [3.63, 3.8) is 0 Å². The van der Waals surface area contributed by atoms with Gasteiger partial charge in [0.05, 0.1) is 10.8 Å². The lowest BCUT2D eigenvalue weighted by Gasteiger charge is -2.62. The van der Waals surface area contributed by atoms with Crippen molar-refractivity contribution in [2.24, 2.45) is 46.3 Å². The van der Waals surface area contributed by atoms with E-state index >= 15 is 4.39 Å². The molecule has 0 atom stereocenters. The van der Waals surface area contributed by atoms with Gasteiger partial charge in [0.1, 0.15) is 6.17 Å². The van der Waals surface area contributed by atoms with Crippen LogP contribution in [0.3, 0.4) is 0 Å². The number of hydrogen-bond donors (Lipinski definition) is 0. The van der Waals surface area contributed by atoms with E-state index in [1.807, 2.05) is 0 Å². The summed E-state index contributed by atoms with van der Waals surface area (Å²) in [5, 5.41) is 0. The number of alkyl halides is 1. The van der Waals surface area contributed by atoms with Gasteiger partial charge in [-0.1, -0.05) is 39.5 Å². The number of rotatable bonds is 2. The van der Waals surface area contributed by atoms with Gasteiger partial charge in [-0.2, -0.15) is 0 Å². The summed E-state index contributed by atoms with van der Waals surface area (Å²) in [4.78, 5) is 13.5. The first-order valence-electron chi connectivity index (χ1n) is 13.6. The lowest BCUT2D eigenvalue weighted by molar-refractivity contribution is -0.194. The van der Waals surface area contributed by atoms with Crippen molar-refractivity contribution in [3.8, 4) is 0 Å². The molecular formula is C28H45FO. The van der Waals surface area contributed by atoms with Gasteiger partial charge in [-0.25, -0.2) is 4.39 Å². The first kappa shape index (κ1) is 21.4. The third-order valence-corrected chi connectivity index (χ3v) is 11.2. The minimum Gasteiger partial charge on any atom is -0.298 e. The zero-order chi connectivity index (χ0) is 20.9.